The summed E-state index contributed by atoms with van der Waals surface area (Å²) in [5, 5.41) is 0. The van der Waals surface area contributed by atoms with E-state index in [1.807, 2.05) is 23.9 Å². The average Bonchev–Trinajstić information content (AvgIpc) is 2.68. The maximum Gasteiger partial charge on any atom is 0.244 e. The molecular formula is C18H22N2O3S2. The summed E-state index contributed by atoms with van der Waals surface area (Å²) in [6, 6.07) is 11.3. The molecule has 7 heteroatoms. The Hall–Kier alpha value is -1.57. The summed E-state index contributed by atoms with van der Waals surface area (Å²) in [5.74, 6) is 2.40. The van der Waals surface area contributed by atoms with Crippen LogP contribution in [-0.2, 0) is 10.0 Å². The predicted molar refractivity (Wildman–Crippen MR) is 99.4 cm³/mol. The third kappa shape index (κ3) is 4.54. The van der Waals surface area contributed by atoms with Crippen LogP contribution in [0.1, 0.15) is 12.8 Å². The van der Waals surface area contributed by atoms with E-state index in [9.17, 15) is 8.42 Å². The van der Waals surface area contributed by atoms with Crippen LogP contribution in [0, 0.1) is 5.92 Å². The van der Waals surface area contributed by atoms with Crippen LogP contribution in [0.5, 0.6) is 5.75 Å². The largest absolute Gasteiger partial charge is 0.497 e. The van der Waals surface area contributed by atoms with E-state index in [4.69, 9.17) is 4.74 Å². The minimum Gasteiger partial charge on any atom is -0.497 e. The number of nitrogens with zero attached hydrogens (tertiary/aromatic N) is 2. The Balaban J connectivity index is 1.51. The SMILES string of the molecule is COc1ccc(SCC2CCN(S(=O)(=O)c3cccnc3)CC2)cc1. The minimum absolute atomic E-state index is 0.279. The summed E-state index contributed by atoms with van der Waals surface area (Å²) >= 11 is 1.82. The number of piperidine rings is 1. The van der Waals surface area contributed by atoms with Crippen molar-refractivity contribution < 1.29 is 13.2 Å². The number of benzene rings is 1. The van der Waals surface area contributed by atoms with Gasteiger partial charge in [-0.05, 0) is 55.2 Å². The summed E-state index contributed by atoms with van der Waals surface area (Å²) in [7, 11) is -1.75. The molecule has 1 aliphatic heterocycles. The molecule has 0 unspecified atom stereocenters. The molecule has 0 N–H and O–H groups in total. The van der Waals surface area contributed by atoms with Crippen molar-refractivity contribution in [2.24, 2.45) is 5.92 Å². The predicted octanol–water partition coefficient (Wildman–Crippen LogP) is 3.28. The number of hydrogen-bond acceptors (Lipinski definition) is 5. The molecule has 0 spiro atoms. The molecule has 1 aliphatic rings. The van der Waals surface area contributed by atoms with E-state index < -0.39 is 10.0 Å². The first-order chi connectivity index (χ1) is 12.1. The first-order valence-electron chi connectivity index (χ1n) is 8.26. The average molecular weight is 379 g/mol. The maximum absolute atomic E-state index is 12.6. The van der Waals surface area contributed by atoms with Crippen molar-refractivity contribution >= 4 is 21.8 Å². The molecule has 0 bridgehead atoms. The number of thioether (sulfide) groups is 1. The molecular weight excluding hydrogens is 356 g/mol. The van der Waals surface area contributed by atoms with E-state index in [-0.39, 0.29) is 4.90 Å². The van der Waals surface area contributed by atoms with Gasteiger partial charge >= 0.3 is 0 Å². The third-order valence-electron chi connectivity index (χ3n) is 4.39. The van der Waals surface area contributed by atoms with Gasteiger partial charge in [-0.25, -0.2) is 8.42 Å². The van der Waals surface area contributed by atoms with Gasteiger partial charge in [0.1, 0.15) is 10.6 Å². The number of pyridine rings is 1. The Morgan fingerprint density at radius 3 is 2.52 bits per heavy atom. The Morgan fingerprint density at radius 1 is 1.20 bits per heavy atom. The lowest BCUT2D eigenvalue weighted by Crippen LogP contribution is -2.38. The van der Waals surface area contributed by atoms with Crippen molar-refractivity contribution in [2.75, 3.05) is 26.0 Å². The van der Waals surface area contributed by atoms with Crippen molar-refractivity contribution in [1.29, 1.82) is 0 Å². The van der Waals surface area contributed by atoms with Crippen LogP contribution >= 0.6 is 11.8 Å². The molecule has 25 heavy (non-hydrogen) atoms. The van der Waals surface area contributed by atoms with Gasteiger partial charge in [0.05, 0.1) is 7.11 Å². The van der Waals surface area contributed by atoms with Crippen molar-refractivity contribution in [2.45, 2.75) is 22.6 Å². The maximum atomic E-state index is 12.6. The molecule has 0 aliphatic carbocycles. The third-order valence-corrected chi connectivity index (χ3v) is 7.52. The number of rotatable bonds is 6. The highest BCUT2D eigenvalue weighted by Gasteiger charge is 2.29. The standard InChI is InChI=1S/C18H22N2O3S2/c1-23-16-4-6-17(7-5-16)24-14-15-8-11-20(12-9-15)25(21,22)18-3-2-10-19-13-18/h2-7,10,13,15H,8-9,11-12,14H2,1H3. The van der Waals surface area contributed by atoms with E-state index in [1.165, 1.54) is 11.1 Å². The van der Waals surface area contributed by atoms with E-state index in [0.717, 1.165) is 24.3 Å². The zero-order valence-electron chi connectivity index (χ0n) is 14.2. The summed E-state index contributed by atoms with van der Waals surface area (Å²) in [5.41, 5.74) is 0. The van der Waals surface area contributed by atoms with E-state index in [2.05, 4.69) is 17.1 Å². The molecule has 2 heterocycles. The zero-order valence-corrected chi connectivity index (χ0v) is 15.8. The van der Waals surface area contributed by atoms with Gasteiger partial charge in [-0.15, -0.1) is 11.8 Å². The van der Waals surface area contributed by atoms with E-state index in [0.29, 0.717) is 19.0 Å². The number of aromatic nitrogens is 1. The molecule has 1 saturated heterocycles. The van der Waals surface area contributed by atoms with Crippen molar-refractivity contribution in [3.05, 3.63) is 48.8 Å². The first-order valence-corrected chi connectivity index (χ1v) is 10.7. The van der Waals surface area contributed by atoms with Crippen LogP contribution in [0.3, 0.4) is 0 Å². The fraction of sp³-hybridized carbons (Fsp3) is 0.389. The molecule has 0 radical (unpaired) electrons. The molecule has 0 saturated carbocycles. The summed E-state index contributed by atoms with van der Waals surface area (Å²) in [6.45, 7) is 1.15. The van der Waals surface area contributed by atoms with Crippen molar-refractivity contribution in [3.8, 4) is 5.75 Å². The Bertz CT molecular complexity index is 772. The molecule has 0 amide bonds. The Labute approximate surface area is 153 Å². The second kappa shape index (κ2) is 8.21. The van der Waals surface area contributed by atoms with E-state index in [1.54, 1.807) is 29.7 Å². The van der Waals surface area contributed by atoms with Crippen LogP contribution in [-0.4, -0.2) is 43.7 Å². The Kier molecular flexibility index (Phi) is 5.98. The van der Waals surface area contributed by atoms with Crippen LogP contribution in [0.15, 0.2) is 58.6 Å². The van der Waals surface area contributed by atoms with Gasteiger partial charge in [-0.3, -0.25) is 4.98 Å². The van der Waals surface area contributed by atoms with Crippen molar-refractivity contribution in [3.63, 3.8) is 0 Å². The van der Waals surface area contributed by atoms with Gasteiger partial charge < -0.3 is 4.74 Å². The summed E-state index contributed by atoms with van der Waals surface area (Å²) in [6.07, 6.45) is 4.79. The minimum atomic E-state index is -3.41. The summed E-state index contributed by atoms with van der Waals surface area (Å²) < 4.78 is 32.0. The van der Waals surface area contributed by atoms with Gasteiger partial charge in [-0.2, -0.15) is 4.31 Å². The molecule has 134 valence electrons. The molecule has 2 aromatic rings. The zero-order chi connectivity index (χ0) is 17.7. The van der Waals surface area contributed by atoms with Gasteiger partial charge in [-0.1, -0.05) is 0 Å². The normalized spacial score (nSPS) is 16.7. The van der Waals surface area contributed by atoms with Crippen LogP contribution in [0.4, 0.5) is 0 Å². The number of methoxy groups -OCH3 is 1. The van der Waals surface area contributed by atoms with Crippen LogP contribution < -0.4 is 4.74 Å². The fourth-order valence-electron chi connectivity index (χ4n) is 2.85. The van der Waals surface area contributed by atoms with E-state index >= 15 is 0 Å². The fourth-order valence-corrected chi connectivity index (χ4v) is 5.38. The molecule has 0 atom stereocenters. The smallest absolute Gasteiger partial charge is 0.244 e. The monoisotopic (exact) mass is 378 g/mol. The van der Waals surface area contributed by atoms with Crippen molar-refractivity contribution in [1.82, 2.24) is 9.29 Å². The van der Waals surface area contributed by atoms with Crippen LogP contribution in [0.25, 0.3) is 0 Å². The second-order valence-electron chi connectivity index (χ2n) is 6.02. The summed E-state index contributed by atoms with van der Waals surface area (Å²) in [4.78, 5) is 5.41. The Morgan fingerprint density at radius 2 is 1.92 bits per heavy atom. The molecule has 5 nitrogen and oxygen atoms in total. The number of hydrogen-bond donors (Lipinski definition) is 0. The van der Waals surface area contributed by atoms with Gasteiger partial charge in [0.2, 0.25) is 10.0 Å². The quantitative estimate of drug-likeness (QED) is 0.722. The molecule has 1 fully saturated rings. The first kappa shape index (κ1) is 18.2. The molecule has 1 aromatic heterocycles. The lowest BCUT2D eigenvalue weighted by Gasteiger charge is -2.31. The van der Waals surface area contributed by atoms with Crippen LogP contribution in [0.2, 0.25) is 0 Å². The molecule has 1 aromatic carbocycles. The highest BCUT2D eigenvalue weighted by molar-refractivity contribution is 7.99. The second-order valence-corrected chi connectivity index (χ2v) is 9.05. The van der Waals surface area contributed by atoms with Gasteiger partial charge in [0, 0.05) is 36.1 Å². The lowest BCUT2D eigenvalue weighted by atomic mass is 10.0. The van der Waals surface area contributed by atoms with Gasteiger partial charge in [0.15, 0.2) is 0 Å². The van der Waals surface area contributed by atoms with Gasteiger partial charge in [0.25, 0.3) is 0 Å². The highest BCUT2D eigenvalue weighted by atomic mass is 32.2. The molecule has 3 rings (SSSR count). The highest BCUT2D eigenvalue weighted by Crippen LogP contribution is 2.29. The topological polar surface area (TPSA) is 59.5 Å². The number of ether oxygens (including phenoxy) is 1. The number of sulfonamides is 1. The lowest BCUT2D eigenvalue weighted by molar-refractivity contribution is 0.291.